The molecule has 1 aromatic rings. The zero-order valence-electron chi connectivity index (χ0n) is 11.1. The number of methoxy groups -OCH3 is 1. The van der Waals surface area contributed by atoms with Crippen molar-refractivity contribution in [2.75, 3.05) is 20.3 Å². The second-order valence-corrected chi connectivity index (χ2v) is 4.46. The molecule has 1 heterocycles. The van der Waals surface area contributed by atoms with Crippen LogP contribution in [0.25, 0.3) is 0 Å². The zero-order valence-corrected chi connectivity index (χ0v) is 11.1. The minimum absolute atomic E-state index is 0.133. The van der Waals surface area contributed by atoms with Gasteiger partial charge in [0.2, 0.25) is 0 Å². The van der Waals surface area contributed by atoms with Gasteiger partial charge in [0.15, 0.2) is 0 Å². The molecule has 1 aliphatic rings. The van der Waals surface area contributed by atoms with Crippen LogP contribution in [-0.2, 0) is 11.2 Å². The van der Waals surface area contributed by atoms with E-state index in [0.29, 0.717) is 6.54 Å². The van der Waals surface area contributed by atoms with E-state index >= 15 is 0 Å². The van der Waals surface area contributed by atoms with Crippen LogP contribution in [0.4, 0.5) is 4.79 Å². The van der Waals surface area contributed by atoms with Crippen LogP contribution in [0.15, 0.2) is 24.3 Å². The molecule has 5 heteroatoms. The average molecular weight is 264 g/mol. The number of amides is 2. The molecule has 2 amide bonds. The largest absolute Gasteiger partial charge is 0.496 e. The second-order valence-electron chi connectivity index (χ2n) is 4.46. The summed E-state index contributed by atoms with van der Waals surface area (Å²) in [4.78, 5) is 11.6. The van der Waals surface area contributed by atoms with Crippen LogP contribution in [0.1, 0.15) is 18.4 Å². The Morgan fingerprint density at radius 2 is 2.32 bits per heavy atom. The van der Waals surface area contributed by atoms with Crippen LogP contribution >= 0.6 is 0 Å². The van der Waals surface area contributed by atoms with E-state index in [1.54, 1.807) is 7.11 Å². The van der Waals surface area contributed by atoms with Crippen molar-refractivity contribution in [3.63, 3.8) is 0 Å². The van der Waals surface area contributed by atoms with Gasteiger partial charge in [0, 0.05) is 13.2 Å². The average Bonchev–Trinajstić information content (AvgIpc) is 2.92. The molecular weight excluding hydrogens is 244 g/mol. The highest BCUT2D eigenvalue weighted by atomic mass is 16.5. The molecule has 0 saturated carbocycles. The fourth-order valence-electron chi connectivity index (χ4n) is 2.11. The van der Waals surface area contributed by atoms with Gasteiger partial charge < -0.3 is 20.1 Å². The minimum atomic E-state index is -0.179. The Bertz CT molecular complexity index is 417. The predicted octanol–water partition coefficient (Wildman–Crippen LogP) is 1.67. The van der Waals surface area contributed by atoms with Gasteiger partial charge in [-0.25, -0.2) is 4.79 Å². The normalized spacial score (nSPS) is 18.1. The fraction of sp³-hybridized carbons (Fsp3) is 0.500. The molecule has 1 aromatic carbocycles. The molecule has 0 aromatic heterocycles. The maximum atomic E-state index is 11.6. The van der Waals surface area contributed by atoms with Crippen LogP contribution in [0, 0.1) is 0 Å². The lowest BCUT2D eigenvalue weighted by molar-refractivity contribution is 0.0908. The predicted molar refractivity (Wildman–Crippen MR) is 72.2 cm³/mol. The molecule has 1 aliphatic heterocycles. The molecule has 2 rings (SSSR count). The van der Waals surface area contributed by atoms with E-state index in [1.165, 1.54) is 0 Å². The first-order valence-electron chi connectivity index (χ1n) is 6.57. The van der Waals surface area contributed by atoms with Gasteiger partial charge in [0.05, 0.1) is 7.11 Å². The first kappa shape index (κ1) is 13.7. The molecule has 0 spiro atoms. The van der Waals surface area contributed by atoms with Crippen molar-refractivity contribution in [1.82, 2.24) is 10.6 Å². The minimum Gasteiger partial charge on any atom is -0.496 e. The van der Waals surface area contributed by atoms with Crippen molar-refractivity contribution in [3.8, 4) is 5.75 Å². The summed E-state index contributed by atoms with van der Waals surface area (Å²) in [6.07, 6.45) is 2.50. The zero-order chi connectivity index (χ0) is 13.5. The summed E-state index contributed by atoms with van der Waals surface area (Å²) in [5.41, 5.74) is 1.09. The number of benzene rings is 1. The van der Waals surface area contributed by atoms with Gasteiger partial charge in [0.25, 0.3) is 0 Å². The van der Waals surface area contributed by atoms with E-state index in [9.17, 15) is 4.79 Å². The van der Waals surface area contributed by atoms with Crippen molar-refractivity contribution in [2.24, 2.45) is 0 Å². The molecule has 0 radical (unpaired) electrons. The Hall–Kier alpha value is -1.75. The lowest BCUT2D eigenvalue weighted by atomic mass is 10.1. The van der Waals surface area contributed by atoms with Crippen molar-refractivity contribution in [2.45, 2.75) is 25.5 Å². The lowest BCUT2D eigenvalue weighted by Crippen LogP contribution is -2.42. The third-order valence-corrected chi connectivity index (χ3v) is 3.09. The van der Waals surface area contributed by atoms with Gasteiger partial charge in [-0.05, 0) is 30.9 Å². The molecule has 5 nitrogen and oxygen atoms in total. The van der Waals surface area contributed by atoms with Crippen LogP contribution < -0.4 is 15.4 Å². The number of hydrogen-bond acceptors (Lipinski definition) is 3. The number of urea groups is 1. The topological polar surface area (TPSA) is 59.6 Å². The van der Waals surface area contributed by atoms with Gasteiger partial charge in [0.1, 0.15) is 12.0 Å². The molecule has 1 atom stereocenters. The maximum absolute atomic E-state index is 11.6. The Balaban J connectivity index is 1.72. The van der Waals surface area contributed by atoms with Crippen LogP contribution in [-0.4, -0.2) is 32.5 Å². The highest BCUT2D eigenvalue weighted by molar-refractivity contribution is 5.74. The Kier molecular flexibility index (Phi) is 5.03. The molecule has 0 aliphatic carbocycles. The first-order valence-corrected chi connectivity index (χ1v) is 6.57. The van der Waals surface area contributed by atoms with Crippen LogP contribution in [0.5, 0.6) is 5.75 Å². The van der Waals surface area contributed by atoms with Gasteiger partial charge in [-0.15, -0.1) is 0 Å². The highest BCUT2D eigenvalue weighted by Gasteiger charge is 2.17. The summed E-state index contributed by atoms with van der Waals surface area (Å²) >= 11 is 0. The van der Waals surface area contributed by atoms with Crippen molar-refractivity contribution < 1.29 is 14.3 Å². The van der Waals surface area contributed by atoms with E-state index in [4.69, 9.17) is 9.47 Å². The number of rotatable bonds is 5. The van der Waals surface area contributed by atoms with Gasteiger partial charge in [-0.1, -0.05) is 18.2 Å². The first-order chi connectivity index (χ1) is 9.29. The fourth-order valence-corrected chi connectivity index (χ4v) is 2.11. The molecular formula is C14H20N2O3. The number of hydrogen-bond donors (Lipinski definition) is 2. The number of carbonyl (C=O) groups excluding carboxylic acids is 1. The quantitative estimate of drug-likeness (QED) is 0.850. The SMILES string of the molecule is COc1ccccc1CCNC(=O)NC1CCCO1. The second kappa shape index (κ2) is 6.99. The summed E-state index contributed by atoms with van der Waals surface area (Å²) in [6, 6.07) is 7.63. The number of ether oxygens (including phenoxy) is 2. The Labute approximate surface area is 113 Å². The molecule has 104 valence electrons. The number of nitrogens with one attached hydrogen (secondary N) is 2. The monoisotopic (exact) mass is 264 g/mol. The lowest BCUT2D eigenvalue weighted by Gasteiger charge is -2.13. The van der Waals surface area contributed by atoms with E-state index in [2.05, 4.69) is 10.6 Å². The highest BCUT2D eigenvalue weighted by Crippen LogP contribution is 2.17. The van der Waals surface area contributed by atoms with E-state index in [-0.39, 0.29) is 12.3 Å². The van der Waals surface area contributed by atoms with Crippen LogP contribution in [0.2, 0.25) is 0 Å². The summed E-state index contributed by atoms with van der Waals surface area (Å²) in [5, 5.41) is 5.61. The Morgan fingerprint density at radius 3 is 3.05 bits per heavy atom. The van der Waals surface area contributed by atoms with Gasteiger partial charge in [-0.2, -0.15) is 0 Å². The van der Waals surface area contributed by atoms with Gasteiger partial charge >= 0.3 is 6.03 Å². The third-order valence-electron chi connectivity index (χ3n) is 3.09. The molecule has 19 heavy (non-hydrogen) atoms. The van der Waals surface area contributed by atoms with Crippen LogP contribution in [0.3, 0.4) is 0 Å². The van der Waals surface area contributed by atoms with Crippen molar-refractivity contribution >= 4 is 6.03 Å². The number of carbonyl (C=O) groups is 1. The summed E-state index contributed by atoms with van der Waals surface area (Å²) in [7, 11) is 1.65. The molecule has 1 fully saturated rings. The van der Waals surface area contributed by atoms with E-state index in [1.807, 2.05) is 24.3 Å². The molecule has 2 N–H and O–H groups in total. The van der Waals surface area contributed by atoms with Crippen molar-refractivity contribution in [1.29, 1.82) is 0 Å². The van der Waals surface area contributed by atoms with E-state index < -0.39 is 0 Å². The molecule has 0 bridgehead atoms. The number of para-hydroxylation sites is 1. The summed E-state index contributed by atoms with van der Waals surface area (Å²) < 4.78 is 10.6. The van der Waals surface area contributed by atoms with Gasteiger partial charge in [-0.3, -0.25) is 0 Å². The third kappa shape index (κ3) is 4.13. The smallest absolute Gasteiger partial charge is 0.316 e. The summed E-state index contributed by atoms with van der Waals surface area (Å²) in [6.45, 7) is 1.30. The summed E-state index contributed by atoms with van der Waals surface area (Å²) in [5.74, 6) is 0.851. The molecule has 1 unspecified atom stereocenters. The maximum Gasteiger partial charge on any atom is 0.316 e. The Morgan fingerprint density at radius 1 is 1.47 bits per heavy atom. The standard InChI is InChI=1S/C14H20N2O3/c1-18-12-6-3-2-5-11(12)8-9-15-14(17)16-13-7-4-10-19-13/h2-3,5-6,13H,4,7-10H2,1H3,(H2,15,16,17). The molecule has 1 saturated heterocycles. The van der Waals surface area contributed by atoms with E-state index in [0.717, 1.165) is 37.2 Å². The van der Waals surface area contributed by atoms with Crippen molar-refractivity contribution in [3.05, 3.63) is 29.8 Å².